The summed E-state index contributed by atoms with van der Waals surface area (Å²) in [7, 11) is 0. The molecule has 0 radical (unpaired) electrons. The van der Waals surface area contributed by atoms with Crippen LogP contribution in [-0.4, -0.2) is 16.3 Å². The van der Waals surface area contributed by atoms with Crippen LogP contribution in [0.15, 0.2) is 71.8 Å². The highest BCUT2D eigenvalue weighted by molar-refractivity contribution is 7.98. The summed E-state index contributed by atoms with van der Waals surface area (Å²) in [6, 6.07) is 20.2. The Morgan fingerprint density at radius 1 is 1.00 bits per heavy atom. The van der Waals surface area contributed by atoms with E-state index in [0.717, 1.165) is 33.6 Å². The molecule has 0 aliphatic heterocycles. The maximum Gasteiger partial charge on any atom is 0.273 e. The van der Waals surface area contributed by atoms with Crippen molar-refractivity contribution in [2.24, 2.45) is 0 Å². The van der Waals surface area contributed by atoms with Gasteiger partial charge in [-0.15, -0.1) is 11.8 Å². The maximum atomic E-state index is 11.1. The lowest BCUT2D eigenvalue weighted by molar-refractivity contribution is -0.361. The van der Waals surface area contributed by atoms with Crippen molar-refractivity contribution in [3.8, 4) is 5.75 Å². The number of H-pyrrole nitrogens is 1. The highest BCUT2D eigenvalue weighted by Crippen LogP contribution is 2.36. The van der Waals surface area contributed by atoms with Crippen LogP contribution >= 0.6 is 11.8 Å². The number of benzene rings is 2. The summed E-state index contributed by atoms with van der Waals surface area (Å²) in [5.74, 6) is 1.10. The van der Waals surface area contributed by atoms with E-state index in [1.807, 2.05) is 43.5 Å². The van der Waals surface area contributed by atoms with Crippen LogP contribution in [0.1, 0.15) is 28.4 Å². The minimum absolute atomic E-state index is 0.213. The summed E-state index contributed by atoms with van der Waals surface area (Å²) in [5.41, 5.74) is 4.53. The van der Waals surface area contributed by atoms with Crippen molar-refractivity contribution in [1.82, 2.24) is 4.98 Å². The normalized spacial score (nSPS) is 12.1. The van der Waals surface area contributed by atoms with E-state index in [4.69, 9.17) is 0 Å². The summed E-state index contributed by atoms with van der Waals surface area (Å²) < 4.78 is 0. The number of nitrogens with zero attached hydrogens (tertiary/aromatic N) is 1. The van der Waals surface area contributed by atoms with Gasteiger partial charge in [-0.2, -0.15) is 0 Å². The van der Waals surface area contributed by atoms with Crippen LogP contribution in [0.5, 0.6) is 5.75 Å². The molecule has 0 fully saturated rings. The number of aromatic hydroxyl groups is 1. The van der Waals surface area contributed by atoms with E-state index >= 15 is 0 Å². The molecule has 2 aromatic heterocycles. The average Bonchev–Trinajstić information content (AvgIpc) is 2.73. The Balaban J connectivity index is 1.84. The van der Waals surface area contributed by atoms with Crippen LogP contribution in [0, 0.1) is 13.8 Å². The highest BCUT2D eigenvalue weighted by atomic mass is 32.2. The zero-order valence-corrected chi connectivity index (χ0v) is 17.5. The molecule has 4 rings (SSSR count). The highest BCUT2D eigenvalue weighted by Gasteiger charge is 2.24. The van der Waals surface area contributed by atoms with Crippen LogP contribution in [0.3, 0.4) is 0 Å². The van der Waals surface area contributed by atoms with Gasteiger partial charge >= 0.3 is 0 Å². The van der Waals surface area contributed by atoms with E-state index in [-0.39, 0.29) is 11.8 Å². The van der Waals surface area contributed by atoms with Gasteiger partial charge in [-0.25, -0.2) is 9.97 Å². The summed E-state index contributed by atoms with van der Waals surface area (Å²) in [5, 5.41) is 15.6. The van der Waals surface area contributed by atoms with Crippen LogP contribution in [0.25, 0.3) is 10.9 Å². The molecular weight excluding hydrogens is 378 g/mol. The van der Waals surface area contributed by atoms with Crippen molar-refractivity contribution in [1.29, 1.82) is 0 Å². The molecule has 0 amide bonds. The van der Waals surface area contributed by atoms with Gasteiger partial charge < -0.3 is 5.11 Å². The topological polar surface area (TPSA) is 59.3 Å². The summed E-state index contributed by atoms with van der Waals surface area (Å²) in [6.45, 7) is 3.99. The van der Waals surface area contributed by atoms with Crippen molar-refractivity contribution < 1.29 is 10.1 Å². The minimum Gasteiger partial charge on any atom is -0.505 e. The molecule has 2 aromatic carbocycles. The van der Waals surface area contributed by atoms with Gasteiger partial charge in [0.25, 0.3) is 5.82 Å². The maximum absolute atomic E-state index is 11.1. The van der Waals surface area contributed by atoms with E-state index in [1.165, 1.54) is 4.90 Å². The third kappa shape index (κ3) is 4.05. The second-order valence-corrected chi connectivity index (χ2v) is 8.04. The second kappa shape index (κ2) is 8.13. The number of hydrogen-bond donors (Lipinski definition) is 2. The SMILES string of the molecule is CSc1ccc([C@@H](Nc2cc(C)cc[nH+]2)c2ccc3ccc(C)nc3c2O)cc1. The van der Waals surface area contributed by atoms with Crippen molar-refractivity contribution >= 4 is 28.5 Å². The second-order valence-electron chi connectivity index (χ2n) is 7.16. The molecule has 146 valence electrons. The molecule has 4 nitrogen and oxygen atoms in total. The number of aryl methyl sites for hydroxylation is 2. The Bertz CT molecular complexity index is 1160. The Labute approximate surface area is 175 Å². The predicted molar refractivity (Wildman–Crippen MR) is 120 cm³/mol. The Morgan fingerprint density at radius 2 is 1.76 bits per heavy atom. The van der Waals surface area contributed by atoms with Crippen molar-refractivity contribution in [2.45, 2.75) is 24.8 Å². The van der Waals surface area contributed by atoms with E-state index in [1.54, 1.807) is 11.8 Å². The van der Waals surface area contributed by atoms with Crippen molar-refractivity contribution in [3.63, 3.8) is 0 Å². The van der Waals surface area contributed by atoms with Gasteiger partial charge in [0, 0.05) is 33.2 Å². The Kier molecular flexibility index (Phi) is 5.41. The number of anilines is 1. The van der Waals surface area contributed by atoms with Crippen LogP contribution in [0.2, 0.25) is 0 Å². The quantitative estimate of drug-likeness (QED) is 0.445. The van der Waals surface area contributed by atoms with Crippen molar-refractivity contribution in [3.05, 3.63) is 89.2 Å². The fourth-order valence-corrected chi connectivity index (χ4v) is 3.88. The number of pyridine rings is 2. The van der Waals surface area contributed by atoms with E-state index < -0.39 is 0 Å². The zero-order chi connectivity index (χ0) is 20.4. The van der Waals surface area contributed by atoms with Crippen LogP contribution in [-0.2, 0) is 0 Å². The van der Waals surface area contributed by atoms with Gasteiger partial charge in [-0.3, -0.25) is 5.32 Å². The fraction of sp³-hybridized carbons (Fsp3) is 0.167. The third-order valence-corrected chi connectivity index (χ3v) is 5.77. The van der Waals surface area contributed by atoms with Gasteiger partial charge in [0.1, 0.15) is 17.3 Å². The lowest BCUT2D eigenvalue weighted by Gasteiger charge is -2.18. The monoisotopic (exact) mass is 402 g/mol. The first-order valence-electron chi connectivity index (χ1n) is 9.53. The number of thioether (sulfide) groups is 1. The van der Waals surface area contributed by atoms with Gasteiger partial charge in [-0.05, 0) is 56.0 Å². The molecular formula is C24H24N3OS+. The molecule has 2 heterocycles. The Morgan fingerprint density at radius 3 is 2.48 bits per heavy atom. The molecule has 29 heavy (non-hydrogen) atoms. The standard InChI is InChI=1S/C24H23N3OS/c1-15-12-13-25-21(14-15)27-22(17-6-9-19(29-3)10-7-17)20-11-8-18-5-4-16(2)26-23(18)24(20)28/h4-14,22,28H,1-3H3,(H,25,27)/p+1/t22-/m1/s1. The smallest absolute Gasteiger partial charge is 0.273 e. The fourth-order valence-electron chi connectivity index (χ4n) is 3.48. The number of nitrogens with one attached hydrogen (secondary N) is 2. The molecule has 0 spiro atoms. The largest absolute Gasteiger partial charge is 0.505 e. The molecule has 0 saturated carbocycles. The lowest BCUT2D eigenvalue weighted by Crippen LogP contribution is -2.19. The first kappa shape index (κ1) is 19.3. The molecule has 5 heteroatoms. The minimum atomic E-state index is -0.226. The van der Waals surface area contributed by atoms with Gasteiger partial charge in [0.05, 0.1) is 6.20 Å². The van der Waals surface area contributed by atoms with Gasteiger partial charge in [-0.1, -0.05) is 24.3 Å². The van der Waals surface area contributed by atoms with E-state index in [2.05, 4.69) is 58.8 Å². The summed E-state index contributed by atoms with van der Waals surface area (Å²) in [6.07, 6.45) is 3.98. The number of fused-ring (bicyclic) bond motifs is 1. The van der Waals surface area contributed by atoms with E-state index in [9.17, 15) is 5.11 Å². The first-order valence-corrected chi connectivity index (χ1v) is 10.8. The van der Waals surface area contributed by atoms with Gasteiger partial charge in [0.15, 0.2) is 0 Å². The summed E-state index contributed by atoms with van der Waals surface area (Å²) in [4.78, 5) is 9.03. The lowest BCUT2D eigenvalue weighted by atomic mass is 9.96. The van der Waals surface area contributed by atoms with Gasteiger partial charge in [0.2, 0.25) is 0 Å². The summed E-state index contributed by atoms with van der Waals surface area (Å²) >= 11 is 1.71. The molecule has 0 aliphatic rings. The van der Waals surface area contributed by atoms with Crippen LogP contribution < -0.4 is 10.3 Å². The number of aromatic amines is 1. The number of phenolic OH excluding ortho intramolecular Hbond substituents is 1. The third-order valence-electron chi connectivity index (χ3n) is 5.02. The Hall–Kier alpha value is -3.05. The first-order chi connectivity index (χ1) is 14.0. The number of aromatic nitrogens is 2. The molecule has 3 N–H and O–H groups in total. The molecule has 0 bridgehead atoms. The average molecular weight is 403 g/mol. The predicted octanol–water partition coefficient (Wildman–Crippen LogP) is 5.29. The molecule has 1 atom stereocenters. The zero-order valence-electron chi connectivity index (χ0n) is 16.7. The van der Waals surface area contributed by atoms with Crippen LogP contribution in [0.4, 0.5) is 5.82 Å². The van der Waals surface area contributed by atoms with Crippen molar-refractivity contribution in [2.75, 3.05) is 11.6 Å². The number of hydrogen-bond acceptors (Lipinski definition) is 4. The molecule has 0 saturated heterocycles. The molecule has 0 unspecified atom stereocenters. The molecule has 0 aliphatic carbocycles. The van der Waals surface area contributed by atoms with E-state index in [0.29, 0.717) is 5.52 Å². The number of phenols is 1. The molecule has 4 aromatic rings. The number of rotatable bonds is 5.